The van der Waals surface area contributed by atoms with E-state index in [0.717, 1.165) is 32.1 Å². The van der Waals surface area contributed by atoms with Crippen molar-refractivity contribution in [2.75, 3.05) is 20.2 Å². The fourth-order valence-electron chi connectivity index (χ4n) is 3.45. The van der Waals surface area contributed by atoms with Crippen LogP contribution >= 0.6 is 0 Å². The minimum atomic E-state index is -0.0792. The number of likely N-dealkylation sites (tertiary alicyclic amines) is 1. The van der Waals surface area contributed by atoms with Gasteiger partial charge in [-0.3, -0.25) is 9.69 Å². The van der Waals surface area contributed by atoms with Gasteiger partial charge in [-0.15, -0.1) is 0 Å². The van der Waals surface area contributed by atoms with Crippen molar-refractivity contribution in [1.29, 1.82) is 0 Å². The maximum atomic E-state index is 11.6. The molecule has 0 aromatic heterocycles. The van der Waals surface area contributed by atoms with Gasteiger partial charge in [-0.2, -0.15) is 0 Å². The predicted octanol–water partition coefficient (Wildman–Crippen LogP) is 2.19. The van der Waals surface area contributed by atoms with E-state index >= 15 is 0 Å². The largest absolute Gasteiger partial charge is 0.469 e. The van der Waals surface area contributed by atoms with Gasteiger partial charge in [0, 0.05) is 38.1 Å². The summed E-state index contributed by atoms with van der Waals surface area (Å²) in [6.45, 7) is 3.05. The van der Waals surface area contributed by atoms with E-state index in [9.17, 15) is 4.79 Å². The molecule has 0 spiro atoms. The number of hydrogen-bond donors (Lipinski definition) is 1. The lowest BCUT2D eigenvalue weighted by molar-refractivity contribution is -0.142. The number of rotatable bonds is 6. The minimum Gasteiger partial charge on any atom is -0.469 e. The van der Waals surface area contributed by atoms with E-state index in [1.165, 1.54) is 25.5 Å². The van der Waals surface area contributed by atoms with Gasteiger partial charge in [-0.05, 0) is 30.7 Å². The van der Waals surface area contributed by atoms with Crippen molar-refractivity contribution in [3.8, 4) is 0 Å². The number of carbonyl (C=O) groups excluding carboxylic acids is 1. The van der Waals surface area contributed by atoms with Gasteiger partial charge in [-0.1, -0.05) is 30.3 Å². The lowest BCUT2D eigenvalue weighted by Gasteiger charge is -2.38. The molecule has 0 bridgehead atoms. The zero-order valence-corrected chi connectivity index (χ0v) is 13.3. The molecule has 1 saturated carbocycles. The second-order valence-electron chi connectivity index (χ2n) is 6.63. The average Bonchev–Trinajstić information content (AvgIpc) is 3.38. The molecule has 120 valence electrons. The normalized spacial score (nSPS) is 25.9. The van der Waals surface area contributed by atoms with E-state index in [-0.39, 0.29) is 5.97 Å². The summed E-state index contributed by atoms with van der Waals surface area (Å²) in [6, 6.07) is 11.7. The van der Waals surface area contributed by atoms with Crippen LogP contribution < -0.4 is 5.32 Å². The number of esters is 1. The molecule has 2 unspecified atom stereocenters. The third-order valence-corrected chi connectivity index (χ3v) is 4.75. The van der Waals surface area contributed by atoms with E-state index in [2.05, 4.69) is 34.5 Å². The van der Waals surface area contributed by atoms with Crippen molar-refractivity contribution in [3.05, 3.63) is 35.9 Å². The molecule has 1 heterocycles. The van der Waals surface area contributed by atoms with Crippen molar-refractivity contribution < 1.29 is 9.53 Å². The Morgan fingerprint density at radius 2 is 2.05 bits per heavy atom. The van der Waals surface area contributed by atoms with Crippen molar-refractivity contribution in [2.24, 2.45) is 5.92 Å². The number of benzene rings is 1. The van der Waals surface area contributed by atoms with Crippen LogP contribution in [0.5, 0.6) is 0 Å². The van der Waals surface area contributed by atoms with Crippen LogP contribution in [0.2, 0.25) is 0 Å². The van der Waals surface area contributed by atoms with E-state index in [1.54, 1.807) is 0 Å². The number of hydrogen-bond acceptors (Lipinski definition) is 4. The highest BCUT2D eigenvalue weighted by atomic mass is 16.5. The van der Waals surface area contributed by atoms with Gasteiger partial charge >= 0.3 is 5.97 Å². The lowest BCUT2D eigenvalue weighted by atomic mass is 9.91. The second-order valence-corrected chi connectivity index (χ2v) is 6.63. The number of nitrogens with one attached hydrogen (secondary N) is 1. The summed E-state index contributed by atoms with van der Waals surface area (Å²) in [6.07, 6.45) is 4.24. The highest BCUT2D eigenvalue weighted by Gasteiger charge is 2.36. The molecule has 0 radical (unpaired) electrons. The van der Waals surface area contributed by atoms with Crippen LogP contribution in [0.3, 0.4) is 0 Å². The number of piperidine rings is 1. The number of methoxy groups -OCH3 is 1. The zero-order chi connectivity index (χ0) is 15.4. The van der Waals surface area contributed by atoms with Gasteiger partial charge in [0.2, 0.25) is 0 Å². The molecule has 1 N–H and O–H groups in total. The van der Waals surface area contributed by atoms with Crippen LogP contribution in [-0.4, -0.2) is 43.2 Å². The molecule has 2 aliphatic rings. The van der Waals surface area contributed by atoms with Crippen molar-refractivity contribution >= 4 is 5.97 Å². The topological polar surface area (TPSA) is 41.6 Å². The molecule has 1 saturated heterocycles. The van der Waals surface area contributed by atoms with Crippen LogP contribution in [0.4, 0.5) is 0 Å². The van der Waals surface area contributed by atoms with Gasteiger partial charge in [0.15, 0.2) is 0 Å². The van der Waals surface area contributed by atoms with E-state index in [1.807, 2.05) is 6.07 Å². The molecule has 2 fully saturated rings. The Morgan fingerprint density at radius 1 is 1.27 bits per heavy atom. The third kappa shape index (κ3) is 4.31. The smallest absolute Gasteiger partial charge is 0.305 e. The maximum Gasteiger partial charge on any atom is 0.305 e. The quantitative estimate of drug-likeness (QED) is 0.818. The SMILES string of the molecule is COC(=O)CC1CC(NCc2ccccc2)CN(C2CC2)C1. The summed E-state index contributed by atoms with van der Waals surface area (Å²) < 4.78 is 4.85. The highest BCUT2D eigenvalue weighted by Crippen LogP contribution is 2.32. The Labute approximate surface area is 132 Å². The first-order valence-corrected chi connectivity index (χ1v) is 8.32. The third-order valence-electron chi connectivity index (χ3n) is 4.75. The molecule has 1 aliphatic heterocycles. The molecule has 1 aromatic carbocycles. The van der Waals surface area contributed by atoms with Gasteiger partial charge in [-0.25, -0.2) is 0 Å². The monoisotopic (exact) mass is 302 g/mol. The van der Waals surface area contributed by atoms with Gasteiger partial charge in [0.05, 0.1) is 7.11 Å². The number of ether oxygens (including phenoxy) is 1. The predicted molar refractivity (Wildman–Crippen MR) is 86.4 cm³/mol. The van der Waals surface area contributed by atoms with Gasteiger partial charge < -0.3 is 10.1 Å². The molecule has 1 aromatic rings. The van der Waals surface area contributed by atoms with Crippen LogP contribution in [-0.2, 0) is 16.1 Å². The maximum absolute atomic E-state index is 11.6. The summed E-state index contributed by atoms with van der Waals surface area (Å²) in [5.41, 5.74) is 1.32. The van der Waals surface area contributed by atoms with E-state index in [0.29, 0.717) is 18.4 Å². The fourth-order valence-corrected chi connectivity index (χ4v) is 3.45. The molecule has 1 aliphatic carbocycles. The Kier molecular flexibility index (Phi) is 5.11. The molecular weight excluding hydrogens is 276 g/mol. The summed E-state index contributed by atoms with van der Waals surface area (Å²) >= 11 is 0. The van der Waals surface area contributed by atoms with Gasteiger partial charge in [0.1, 0.15) is 0 Å². The molecule has 2 atom stereocenters. The Morgan fingerprint density at radius 3 is 2.73 bits per heavy atom. The Hall–Kier alpha value is -1.39. The first-order chi connectivity index (χ1) is 10.7. The van der Waals surface area contributed by atoms with Gasteiger partial charge in [0.25, 0.3) is 0 Å². The first-order valence-electron chi connectivity index (χ1n) is 8.32. The Bertz CT molecular complexity index is 487. The minimum absolute atomic E-state index is 0.0792. The summed E-state index contributed by atoms with van der Waals surface area (Å²) in [5, 5.41) is 3.68. The van der Waals surface area contributed by atoms with Crippen LogP contribution in [0.1, 0.15) is 31.2 Å². The molecule has 22 heavy (non-hydrogen) atoms. The zero-order valence-electron chi connectivity index (χ0n) is 13.3. The van der Waals surface area contributed by atoms with Crippen LogP contribution in [0.25, 0.3) is 0 Å². The average molecular weight is 302 g/mol. The molecule has 3 rings (SSSR count). The van der Waals surface area contributed by atoms with Crippen molar-refractivity contribution in [1.82, 2.24) is 10.2 Å². The molecule has 4 heteroatoms. The highest BCUT2D eigenvalue weighted by molar-refractivity contribution is 5.69. The summed E-state index contributed by atoms with van der Waals surface area (Å²) in [7, 11) is 1.48. The molecule has 4 nitrogen and oxygen atoms in total. The number of nitrogens with zero attached hydrogens (tertiary/aromatic N) is 1. The second kappa shape index (κ2) is 7.25. The summed E-state index contributed by atoms with van der Waals surface area (Å²) in [4.78, 5) is 14.2. The standard InChI is InChI=1S/C18H26N2O2/c1-22-18(21)10-15-9-16(13-20(12-15)17-7-8-17)19-11-14-5-3-2-4-6-14/h2-6,15-17,19H,7-13H2,1H3. The lowest BCUT2D eigenvalue weighted by Crippen LogP contribution is -2.50. The molecule has 0 amide bonds. The number of carbonyl (C=O) groups is 1. The van der Waals surface area contributed by atoms with Crippen LogP contribution in [0, 0.1) is 5.92 Å². The van der Waals surface area contributed by atoms with Crippen LogP contribution in [0.15, 0.2) is 30.3 Å². The fraction of sp³-hybridized carbons (Fsp3) is 0.611. The Balaban J connectivity index is 1.55. The first kappa shape index (κ1) is 15.5. The van der Waals surface area contributed by atoms with E-state index < -0.39 is 0 Å². The molecular formula is C18H26N2O2. The summed E-state index contributed by atoms with van der Waals surface area (Å²) in [5.74, 6) is 0.333. The van der Waals surface area contributed by atoms with Crippen molar-refractivity contribution in [3.63, 3.8) is 0 Å². The van der Waals surface area contributed by atoms with Crippen molar-refractivity contribution in [2.45, 2.75) is 44.3 Å². The van der Waals surface area contributed by atoms with E-state index in [4.69, 9.17) is 4.74 Å².